The molecule has 0 aliphatic rings. The molecular formula is C8H19NS. The average molecular weight is 161 g/mol. The van der Waals surface area contributed by atoms with Gasteiger partial charge in [0.25, 0.3) is 0 Å². The van der Waals surface area contributed by atoms with Gasteiger partial charge in [-0.25, -0.2) is 0 Å². The Hall–Kier alpha value is 0.310. The fourth-order valence-corrected chi connectivity index (χ4v) is 1.39. The molecule has 0 unspecified atom stereocenters. The zero-order chi connectivity index (χ0) is 7.82. The highest BCUT2D eigenvalue weighted by Crippen LogP contribution is 1.97. The molecule has 0 rings (SSSR count). The maximum atomic E-state index is 2.47. The maximum absolute atomic E-state index is 2.47. The van der Waals surface area contributed by atoms with Crippen LogP contribution in [0, 0.1) is 0 Å². The first-order chi connectivity index (χ1) is 4.85. The van der Waals surface area contributed by atoms with Crippen molar-refractivity contribution in [2.75, 3.05) is 31.6 Å². The molecule has 0 aliphatic heterocycles. The summed E-state index contributed by atoms with van der Waals surface area (Å²) in [5.41, 5.74) is 0. The van der Waals surface area contributed by atoms with E-state index in [1.54, 1.807) is 0 Å². The summed E-state index contributed by atoms with van der Waals surface area (Å²) in [6.45, 7) is 8.12. The Morgan fingerprint density at radius 3 is 2.20 bits per heavy atom. The average Bonchev–Trinajstić information content (AvgIpc) is 1.99. The van der Waals surface area contributed by atoms with Crippen LogP contribution in [0.5, 0.6) is 0 Å². The monoisotopic (exact) mass is 161 g/mol. The topological polar surface area (TPSA) is 3.24 Å². The lowest BCUT2D eigenvalue weighted by molar-refractivity contribution is 0.305. The van der Waals surface area contributed by atoms with Gasteiger partial charge in [0.15, 0.2) is 0 Å². The van der Waals surface area contributed by atoms with Crippen LogP contribution in [-0.4, -0.2) is 36.5 Å². The van der Waals surface area contributed by atoms with Crippen LogP contribution < -0.4 is 0 Å². The normalized spacial score (nSPS) is 10.8. The first kappa shape index (κ1) is 10.3. The van der Waals surface area contributed by atoms with Crippen molar-refractivity contribution in [1.82, 2.24) is 4.90 Å². The molecule has 0 aromatic carbocycles. The van der Waals surface area contributed by atoms with E-state index in [1.165, 1.54) is 31.8 Å². The second kappa shape index (κ2) is 7.42. The number of thioether (sulfide) groups is 1. The second-order valence-corrected chi connectivity index (χ2v) is 3.36. The van der Waals surface area contributed by atoms with E-state index < -0.39 is 0 Å². The van der Waals surface area contributed by atoms with Gasteiger partial charge in [0, 0.05) is 0 Å². The third kappa shape index (κ3) is 5.12. The highest BCUT2D eigenvalue weighted by molar-refractivity contribution is 7.98. The van der Waals surface area contributed by atoms with Crippen LogP contribution in [0.1, 0.15) is 20.3 Å². The molecule has 0 fully saturated rings. The summed E-state index contributed by atoms with van der Waals surface area (Å²) < 4.78 is 0. The zero-order valence-electron chi connectivity index (χ0n) is 7.39. The Morgan fingerprint density at radius 1 is 1.20 bits per heavy atom. The quantitative estimate of drug-likeness (QED) is 0.549. The largest absolute Gasteiger partial charge is 0.304 e. The number of hydrogen-bond donors (Lipinski definition) is 0. The summed E-state index contributed by atoms with van der Waals surface area (Å²) in [5, 5.41) is 0. The van der Waals surface area contributed by atoms with Crippen LogP contribution in [0.4, 0.5) is 0 Å². The Bertz CT molecular complexity index is 62.3. The minimum absolute atomic E-state index is 1.20. The summed E-state index contributed by atoms with van der Waals surface area (Å²) in [4.78, 5) is 2.47. The van der Waals surface area contributed by atoms with E-state index in [4.69, 9.17) is 0 Å². The molecular weight excluding hydrogens is 142 g/mol. The first-order valence-electron chi connectivity index (χ1n) is 4.06. The number of rotatable bonds is 6. The summed E-state index contributed by atoms with van der Waals surface area (Å²) in [5.74, 6) is 1.30. The third-order valence-electron chi connectivity index (χ3n) is 1.72. The van der Waals surface area contributed by atoms with Crippen LogP contribution in [0.15, 0.2) is 0 Å². The maximum Gasteiger partial charge on any atom is -0.00111 e. The van der Waals surface area contributed by atoms with Crippen LogP contribution in [-0.2, 0) is 0 Å². The van der Waals surface area contributed by atoms with E-state index in [1.807, 2.05) is 11.8 Å². The molecule has 0 aliphatic carbocycles. The Balaban J connectivity index is 3.09. The Labute approximate surface area is 69.2 Å². The minimum Gasteiger partial charge on any atom is -0.304 e. The van der Waals surface area contributed by atoms with E-state index >= 15 is 0 Å². The van der Waals surface area contributed by atoms with Gasteiger partial charge in [-0.15, -0.1) is 0 Å². The predicted octanol–water partition coefficient (Wildman–Crippen LogP) is 2.08. The molecule has 0 N–H and O–H groups in total. The molecule has 10 heavy (non-hydrogen) atoms. The molecule has 0 aromatic heterocycles. The van der Waals surface area contributed by atoms with E-state index in [0.717, 1.165) is 0 Å². The van der Waals surface area contributed by atoms with E-state index in [0.29, 0.717) is 0 Å². The van der Waals surface area contributed by atoms with Crippen molar-refractivity contribution in [2.45, 2.75) is 20.3 Å². The molecule has 0 atom stereocenters. The Morgan fingerprint density at radius 2 is 1.80 bits per heavy atom. The summed E-state index contributed by atoms with van der Waals surface area (Å²) in [6, 6.07) is 0. The van der Waals surface area contributed by atoms with Gasteiger partial charge in [0.2, 0.25) is 0 Å². The molecule has 0 saturated carbocycles. The van der Waals surface area contributed by atoms with Gasteiger partial charge >= 0.3 is 0 Å². The molecule has 1 nitrogen and oxygen atoms in total. The first-order valence-corrected chi connectivity index (χ1v) is 5.45. The van der Waals surface area contributed by atoms with E-state index in [9.17, 15) is 0 Å². The molecule has 0 heterocycles. The van der Waals surface area contributed by atoms with Gasteiger partial charge in [-0.2, -0.15) is 11.8 Å². The van der Waals surface area contributed by atoms with Crippen LogP contribution in [0.25, 0.3) is 0 Å². The predicted molar refractivity (Wildman–Crippen MR) is 50.8 cm³/mol. The summed E-state index contributed by atoms with van der Waals surface area (Å²) in [6.07, 6.45) is 3.51. The summed E-state index contributed by atoms with van der Waals surface area (Å²) >= 11 is 1.94. The SMILES string of the molecule is CCN(CC)CCCSC. The third-order valence-corrected chi connectivity index (χ3v) is 2.41. The molecule has 0 spiro atoms. The molecule has 0 radical (unpaired) electrons. The smallest absolute Gasteiger partial charge is 0.00111 e. The molecule has 2 heteroatoms. The fourth-order valence-electron chi connectivity index (χ4n) is 0.972. The van der Waals surface area contributed by atoms with Crippen molar-refractivity contribution >= 4 is 11.8 Å². The van der Waals surface area contributed by atoms with Crippen molar-refractivity contribution in [1.29, 1.82) is 0 Å². The van der Waals surface area contributed by atoms with Gasteiger partial charge in [0.05, 0.1) is 0 Å². The van der Waals surface area contributed by atoms with Gasteiger partial charge in [-0.3, -0.25) is 0 Å². The lowest BCUT2D eigenvalue weighted by atomic mass is 10.4. The summed E-state index contributed by atoms with van der Waals surface area (Å²) in [7, 11) is 0. The lowest BCUT2D eigenvalue weighted by Crippen LogP contribution is -2.24. The highest BCUT2D eigenvalue weighted by Gasteiger charge is 1.95. The van der Waals surface area contributed by atoms with Gasteiger partial charge in [-0.05, 0) is 38.1 Å². The van der Waals surface area contributed by atoms with Gasteiger partial charge in [0.1, 0.15) is 0 Å². The van der Waals surface area contributed by atoms with Gasteiger partial charge < -0.3 is 4.90 Å². The minimum atomic E-state index is 1.20. The molecule has 0 bridgehead atoms. The molecule has 62 valence electrons. The standard InChI is InChI=1S/C8H19NS/c1-4-9(5-2)7-6-8-10-3/h4-8H2,1-3H3. The number of hydrogen-bond acceptors (Lipinski definition) is 2. The lowest BCUT2D eigenvalue weighted by Gasteiger charge is -2.16. The second-order valence-electron chi connectivity index (χ2n) is 2.37. The van der Waals surface area contributed by atoms with Gasteiger partial charge in [-0.1, -0.05) is 13.8 Å². The van der Waals surface area contributed by atoms with Crippen molar-refractivity contribution < 1.29 is 0 Å². The van der Waals surface area contributed by atoms with Crippen molar-refractivity contribution in [3.63, 3.8) is 0 Å². The van der Waals surface area contributed by atoms with E-state index in [2.05, 4.69) is 25.0 Å². The molecule has 0 aromatic rings. The van der Waals surface area contributed by atoms with Crippen molar-refractivity contribution in [3.05, 3.63) is 0 Å². The fraction of sp³-hybridized carbons (Fsp3) is 1.00. The van der Waals surface area contributed by atoms with Crippen LogP contribution in [0.2, 0.25) is 0 Å². The van der Waals surface area contributed by atoms with Crippen molar-refractivity contribution in [2.24, 2.45) is 0 Å². The molecule has 0 amide bonds. The Kier molecular flexibility index (Phi) is 7.65. The van der Waals surface area contributed by atoms with E-state index in [-0.39, 0.29) is 0 Å². The molecule has 0 saturated heterocycles. The van der Waals surface area contributed by atoms with Crippen LogP contribution >= 0.6 is 11.8 Å². The highest BCUT2D eigenvalue weighted by atomic mass is 32.2. The van der Waals surface area contributed by atoms with Crippen molar-refractivity contribution in [3.8, 4) is 0 Å². The zero-order valence-corrected chi connectivity index (χ0v) is 8.21. The van der Waals surface area contributed by atoms with Crippen LogP contribution in [0.3, 0.4) is 0 Å². The number of nitrogens with zero attached hydrogens (tertiary/aromatic N) is 1.